The highest BCUT2D eigenvalue weighted by Crippen LogP contribution is 2.38. The molecule has 206 valence electrons. The lowest BCUT2D eigenvalue weighted by atomic mass is 10.3. The zero-order chi connectivity index (χ0) is 29.0. The minimum absolute atomic E-state index is 0.105. The first kappa shape index (κ1) is 33.2. The number of benzene rings is 3. The number of nitrogens with zero attached hydrogens (tertiary/aromatic N) is 1. The zero-order valence-corrected chi connectivity index (χ0v) is 31.8. The molecule has 0 aromatic heterocycles. The highest BCUT2D eigenvalue weighted by Gasteiger charge is 2.28. The highest BCUT2D eigenvalue weighted by molar-refractivity contribution is 14.1. The number of carbonyl (C=O) groups excluding carboxylic acids is 3. The van der Waals surface area contributed by atoms with Gasteiger partial charge >= 0.3 is 18.0 Å². The Hall–Kier alpha value is -0.350. The molecule has 0 spiro atoms. The number of phenols is 3. The summed E-state index contributed by atoms with van der Waals surface area (Å²) in [6, 6.07) is 9.75. The summed E-state index contributed by atoms with van der Waals surface area (Å²) in [4.78, 5) is 39.5. The number of hydrogen-bond acceptors (Lipinski definition) is 9. The molecule has 10 nitrogen and oxygen atoms in total. The molecule has 0 fully saturated rings. The van der Waals surface area contributed by atoms with Crippen LogP contribution in [0.15, 0.2) is 36.4 Å². The zero-order valence-electron chi connectivity index (χ0n) is 18.9. The second-order valence-electron chi connectivity index (χ2n) is 7.29. The average Bonchev–Trinajstić information content (AvgIpc) is 2.88. The number of halogens is 6. The Balaban J connectivity index is 1.88. The number of carbonyl (C=O) groups is 3. The highest BCUT2D eigenvalue weighted by atomic mass is 127. The maximum Gasteiger partial charge on any atom is 0.416 e. The van der Waals surface area contributed by atoms with Gasteiger partial charge < -0.3 is 29.5 Å². The predicted molar refractivity (Wildman–Crippen MR) is 189 cm³/mol. The smallest absolute Gasteiger partial charge is 0.416 e. The first-order valence-electron chi connectivity index (χ1n) is 10.2. The van der Waals surface area contributed by atoms with Gasteiger partial charge in [0.2, 0.25) is 0 Å². The fraction of sp³-hybridized carbons (Fsp3) is 0.0870. The van der Waals surface area contributed by atoms with Gasteiger partial charge in [-0.05, 0) is 172 Å². The van der Waals surface area contributed by atoms with Crippen LogP contribution in [0.2, 0.25) is 0 Å². The second-order valence-corrected chi connectivity index (χ2v) is 14.3. The molecule has 3 aromatic carbocycles. The van der Waals surface area contributed by atoms with Crippen molar-refractivity contribution >= 4 is 154 Å². The van der Waals surface area contributed by atoms with Crippen molar-refractivity contribution in [1.29, 1.82) is 0 Å². The summed E-state index contributed by atoms with van der Waals surface area (Å²) in [6.07, 6.45) is -1.15. The van der Waals surface area contributed by atoms with E-state index in [9.17, 15) is 29.7 Å². The van der Waals surface area contributed by atoms with Crippen LogP contribution in [0.3, 0.4) is 0 Å². The van der Waals surface area contributed by atoms with Crippen molar-refractivity contribution in [2.75, 3.05) is 13.1 Å². The SMILES string of the molecule is O=C(CN(CC(=O)Oc1c(I)ccc(I)c1O)C(=O)Oc1c(I)ccc(I)c1O)Oc1c(I)ccc(I)c1O. The van der Waals surface area contributed by atoms with Crippen LogP contribution in [0.25, 0.3) is 0 Å². The minimum Gasteiger partial charge on any atom is -0.503 e. The Kier molecular flexibility index (Phi) is 12.5. The van der Waals surface area contributed by atoms with Gasteiger partial charge in [0.25, 0.3) is 0 Å². The number of ether oxygens (including phenoxy) is 3. The normalized spacial score (nSPS) is 10.6. The molecule has 0 aliphatic carbocycles. The first-order chi connectivity index (χ1) is 18.3. The van der Waals surface area contributed by atoms with Gasteiger partial charge in [0.05, 0.1) is 21.4 Å². The number of hydrogen-bond donors (Lipinski definition) is 3. The van der Waals surface area contributed by atoms with Gasteiger partial charge in [0.15, 0.2) is 34.5 Å². The minimum atomic E-state index is -1.15. The molecule has 3 N–H and O–H groups in total. The van der Waals surface area contributed by atoms with Crippen molar-refractivity contribution in [2.45, 2.75) is 0 Å². The summed E-state index contributed by atoms with van der Waals surface area (Å²) < 4.78 is 18.5. The maximum absolute atomic E-state index is 13.1. The van der Waals surface area contributed by atoms with Crippen LogP contribution in [-0.2, 0) is 9.59 Å². The fourth-order valence-electron chi connectivity index (χ4n) is 2.80. The molecule has 0 unspecified atom stereocenters. The lowest BCUT2D eigenvalue weighted by Gasteiger charge is -2.21. The molecule has 0 heterocycles. The maximum atomic E-state index is 13.1. The molecule has 0 aliphatic rings. The number of esters is 2. The Bertz CT molecular complexity index is 1390. The van der Waals surface area contributed by atoms with Crippen molar-refractivity contribution < 1.29 is 43.9 Å². The molecule has 1 amide bonds. The molecule has 0 atom stereocenters. The van der Waals surface area contributed by atoms with Gasteiger partial charge in [-0.25, -0.2) is 14.4 Å². The molecule has 0 aliphatic heterocycles. The molecule has 3 rings (SSSR count). The van der Waals surface area contributed by atoms with Crippen LogP contribution >= 0.6 is 136 Å². The van der Waals surface area contributed by atoms with E-state index in [-0.39, 0.29) is 34.5 Å². The predicted octanol–water partition coefficient (Wildman–Crippen LogP) is 6.44. The molecule has 0 bridgehead atoms. The standard InChI is InChI=1S/C23H13I6NO9/c24-9-1-4-12(27)20(17(9)33)37-15(31)7-30(23(36)39-22-14(29)6-3-11(26)19(22)35)8-16(32)38-21-13(28)5-2-10(25)18(21)34/h1-6,33-35H,7-8H2. The van der Waals surface area contributed by atoms with Gasteiger partial charge in [0, 0.05) is 0 Å². The quantitative estimate of drug-likeness (QED) is 0.139. The largest absolute Gasteiger partial charge is 0.503 e. The number of phenolic OH excluding ortho intramolecular Hbond substituents is 3. The number of rotatable bonds is 7. The van der Waals surface area contributed by atoms with Crippen LogP contribution in [-0.4, -0.2) is 51.3 Å². The summed E-state index contributed by atoms with van der Waals surface area (Å²) in [5.74, 6) is -3.14. The molecule has 0 saturated heterocycles. The fourth-order valence-corrected chi connectivity index (χ4v) is 5.71. The monoisotopic (exact) mass is 1210 g/mol. The molecule has 0 saturated carbocycles. The molecule has 0 radical (unpaired) electrons. The van der Waals surface area contributed by atoms with Crippen molar-refractivity contribution in [1.82, 2.24) is 4.90 Å². The van der Waals surface area contributed by atoms with Crippen LogP contribution in [0.1, 0.15) is 0 Å². The Labute approximate surface area is 303 Å². The summed E-state index contributed by atoms with van der Waals surface area (Å²) >= 11 is 11.2. The third-order valence-electron chi connectivity index (χ3n) is 4.62. The van der Waals surface area contributed by atoms with Crippen molar-refractivity contribution in [3.05, 3.63) is 57.8 Å². The van der Waals surface area contributed by atoms with E-state index in [1.165, 1.54) is 0 Å². The van der Waals surface area contributed by atoms with E-state index in [1.807, 2.05) is 136 Å². The van der Waals surface area contributed by atoms with Crippen LogP contribution in [0.4, 0.5) is 4.79 Å². The van der Waals surface area contributed by atoms with E-state index in [4.69, 9.17) is 14.2 Å². The van der Waals surface area contributed by atoms with Gasteiger partial charge in [0.1, 0.15) is 13.1 Å². The number of aromatic hydroxyl groups is 3. The second kappa shape index (κ2) is 14.7. The molecular weight excluding hydrogens is 1200 g/mol. The lowest BCUT2D eigenvalue weighted by Crippen LogP contribution is -2.43. The van der Waals surface area contributed by atoms with Crippen LogP contribution < -0.4 is 14.2 Å². The summed E-state index contributed by atoms with van der Waals surface area (Å²) in [5.41, 5.74) is 0. The lowest BCUT2D eigenvalue weighted by molar-refractivity contribution is -0.138. The summed E-state index contributed by atoms with van der Waals surface area (Å²) in [6.45, 7) is -1.54. The van der Waals surface area contributed by atoms with Crippen LogP contribution in [0.5, 0.6) is 34.5 Å². The first-order valence-corrected chi connectivity index (χ1v) is 16.7. The summed E-state index contributed by atoms with van der Waals surface area (Å²) in [7, 11) is 0. The van der Waals surface area contributed by atoms with Crippen molar-refractivity contribution in [2.24, 2.45) is 0 Å². The van der Waals surface area contributed by atoms with E-state index >= 15 is 0 Å². The van der Waals surface area contributed by atoms with E-state index < -0.39 is 31.1 Å². The molecule has 3 aromatic rings. The number of amides is 1. The third kappa shape index (κ3) is 8.59. The topological polar surface area (TPSA) is 143 Å². The van der Waals surface area contributed by atoms with Gasteiger partial charge in [-0.2, -0.15) is 0 Å². The molecular formula is C23H13I6NO9. The third-order valence-corrected chi connectivity index (χ3v) is 9.78. The van der Waals surface area contributed by atoms with Crippen LogP contribution in [0, 0.1) is 21.4 Å². The van der Waals surface area contributed by atoms with E-state index in [2.05, 4.69) is 0 Å². The Morgan fingerprint density at radius 3 is 1.15 bits per heavy atom. The Morgan fingerprint density at radius 2 is 0.821 bits per heavy atom. The van der Waals surface area contributed by atoms with Gasteiger partial charge in [-0.15, -0.1) is 0 Å². The molecule has 16 heteroatoms. The Morgan fingerprint density at radius 1 is 0.538 bits per heavy atom. The van der Waals surface area contributed by atoms with Crippen molar-refractivity contribution in [3.8, 4) is 34.5 Å². The average molecular weight is 1210 g/mol. The summed E-state index contributed by atoms with van der Waals surface area (Å²) in [5, 5.41) is 31.0. The van der Waals surface area contributed by atoms with Gasteiger partial charge in [-0.1, -0.05) is 0 Å². The van der Waals surface area contributed by atoms with E-state index in [0.717, 1.165) is 4.90 Å². The van der Waals surface area contributed by atoms with E-state index in [0.29, 0.717) is 21.4 Å². The van der Waals surface area contributed by atoms with Crippen molar-refractivity contribution in [3.63, 3.8) is 0 Å². The van der Waals surface area contributed by atoms with Gasteiger partial charge in [-0.3, -0.25) is 4.90 Å². The molecule has 39 heavy (non-hydrogen) atoms. The van der Waals surface area contributed by atoms with E-state index in [1.54, 1.807) is 36.4 Å².